The Morgan fingerprint density at radius 3 is 2.43 bits per heavy atom. The lowest BCUT2D eigenvalue weighted by Gasteiger charge is -2.20. The highest BCUT2D eigenvalue weighted by molar-refractivity contribution is 5.67. The molecule has 0 heterocycles. The molecule has 0 radical (unpaired) electrons. The number of ether oxygens (including phenoxy) is 1. The van der Waals surface area contributed by atoms with E-state index < -0.39 is 11.7 Å². The van der Waals surface area contributed by atoms with Crippen molar-refractivity contribution in [3.63, 3.8) is 0 Å². The first-order chi connectivity index (χ1) is 9.78. The lowest BCUT2D eigenvalue weighted by molar-refractivity contribution is 0.0527. The van der Waals surface area contributed by atoms with E-state index in [0.717, 1.165) is 18.5 Å². The normalized spacial score (nSPS) is 12.8. The van der Waals surface area contributed by atoms with Crippen molar-refractivity contribution in [2.75, 3.05) is 13.1 Å². The number of carbonyl (C=O) groups is 1. The van der Waals surface area contributed by atoms with Gasteiger partial charge in [0.1, 0.15) is 11.4 Å². The summed E-state index contributed by atoms with van der Waals surface area (Å²) in [4.78, 5) is 11.4. The topological polar surface area (TPSA) is 50.4 Å². The average molecular weight is 296 g/mol. The molecule has 0 fully saturated rings. The summed E-state index contributed by atoms with van der Waals surface area (Å²) in [6.45, 7) is 8.83. The van der Waals surface area contributed by atoms with Crippen molar-refractivity contribution in [3.05, 3.63) is 35.6 Å². The van der Waals surface area contributed by atoms with Crippen LogP contribution in [0.5, 0.6) is 0 Å². The number of nitrogens with one attached hydrogen (secondary N) is 2. The van der Waals surface area contributed by atoms with Crippen molar-refractivity contribution in [3.8, 4) is 0 Å². The summed E-state index contributed by atoms with van der Waals surface area (Å²) in [6.07, 6.45) is 0.402. The zero-order valence-corrected chi connectivity index (χ0v) is 13.2. The average Bonchev–Trinajstić information content (AvgIpc) is 2.36. The number of rotatable bonds is 6. The molecule has 4 nitrogen and oxygen atoms in total. The Labute approximate surface area is 126 Å². The van der Waals surface area contributed by atoms with Gasteiger partial charge in [0.15, 0.2) is 0 Å². The van der Waals surface area contributed by atoms with E-state index in [4.69, 9.17) is 4.74 Å². The summed E-state index contributed by atoms with van der Waals surface area (Å²) < 4.78 is 18.0. The summed E-state index contributed by atoms with van der Waals surface area (Å²) in [5.41, 5.74) is 0.566. The predicted molar refractivity (Wildman–Crippen MR) is 81.7 cm³/mol. The van der Waals surface area contributed by atoms with Gasteiger partial charge in [0.25, 0.3) is 0 Å². The fourth-order valence-corrected chi connectivity index (χ4v) is 1.78. The maximum absolute atomic E-state index is 12.8. The van der Waals surface area contributed by atoms with E-state index in [9.17, 15) is 9.18 Å². The lowest BCUT2D eigenvalue weighted by atomic mass is 10.1. The lowest BCUT2D eigenvalue weighted by Crippen LogP contribution is -2.34. The summed E-state index contributed by atoms with van der Waals surface area (Å²) in [6, 6.07) is 6.60. The minimum atomic E-state index is -0.473. The monoisotopic (exact) mass is 296 g/mol. The van der Waals surface area contributed by atoms with E-state index >= 15 is 0 Å². The maximum atomic E-state index is 12.8. The quantitative estimate of drug-likeness (QED) is 0.791. The molecule has 0 aliphatic carbocycles. The largest absolute Gasteiger partial charge is 0.444 e. The van der Waals surface area contributed by atoms with Gasteiger partial charge in [0, 0.05) is 12.6 Å². The zero-order valence-electron chi connectivity index (χ0n) is 13.2. The third kappa shape index (κ3) is 7.66. The van der Waals surface area contributed by atoms with Crippen LogP contribution in [-0.2, 0) is 4.74 Å². The van der Waals surface area contributed by atoms with Gasteiger partial charge in [-0.15, -0.1) is 0 Å². The summed E-state index contributed by atoms with van der Waals surface area (Å²) in [5, 5.41) is 6.04. The molecule has 0 saturated heterocycles. The van der Waals surface area contributed by atoms with Crippen molar-refractivity contribution in [1.82, 2.24) is 10.6 Å². The third-order valence-electron chi connectivity index (χ3n) is 2.84. The van der Waals surface area contributed by atoms with Crippen molar-refractivity contribution < 1.29 is 13.9 Å². The molecule has 0 aliphatic heterocycles. The van der Waals surface area contributed by atoms with Gasteiger partial charge in [-0.25, -0.2) is 9.18 Å². The molecule has 0 saturated carbocycles. The Hall–Kier alpha value is -1.62. The first-order valence-corrected chi connectivity index (χ1v) is 7.23. The predicted octanol–water partition coefficient (Wildman–Crippen LogP) is 3.39. The summed E-state index contributed by atoms with van der Waals surface area (Å²) >= 11 is 0. The van der Waals surface area contributed by atoms with Crippen LogP contribution in [-0.4, -0.2) is 24.8 Å². The highest BCUT2D eigenvalue weighted by atomic mass is 19.1. The summed E-state index contributed by atoms with van der Waals surface area (Å²) in [7, 11) is 0. The van der Waals surface area contributed by atoms with Gasteiger partial charge in [0.2, 0.25) is 0 Å². The Balaban J connectivity index is 2.16. The standard InChI is InChI=1S/C16H25FN2O2/c1-12(13-6-8-14(17)9-7-13)18-10-5-11-19-15(20)21-16(2,3)4/h6-9,12,18H,5,10-11H2,1-4H3,(H,19,20)/t12-/m0/s1. The molecule has 0 bridgehead atoms. The molecule has 0 spiro atoms. The van der Waals surface area contributed by atoms with Crippen molar-refractivity contribution in [2.24, 2.45) is 0 Å². The summed E-state index contributed by atoms with van der Waals surface area (Å²) in [5.74, 6) is -0.229. The van der Waals surface area contributed by atoms with E-state index in [0.29, 0.717) is 6.54 Å². The molecule has 1 aromatic carbocycles. The van der Waals surface area contributed by atoms with E-state index in [1.807, 2.05) is 27.7 Å². The number of amides is 1. The number of hydrogen-bond acceptors (Lipinski definition) is 3. The fraction of sp³-hybridized carbons (Fsp3) is 0.562. The number of halogens is 1. The van der Waals surface area contributed by atoms with Gasteiger partial charge < -0.3 is 15.4 Å². The SMILES string of the molecule is C[C@H](NCCCNC(=O)OC(C)(C)C)c1ccc(F)cc1. The Kier molecular flexibility index (Phi) is 6.62. The second-order valence-corrected chi connectivity index (χ2v) is 6.01. The van der Waals surface area contributed by atoms with E-state index in [1.165, 1.54) is 12.1 Å². The second-order valence-electron chi connectivity index (χ2n) is 6.01. The fourth-order valence-electron chi connectivity index (χ4n) is 1.78. The molecule has 0 aromatic heterocycles. The van der Waals surface area contributed by atoms with Crippen molar-refractivity contribution in [2.45, 2.75) is 45.8 Å². The molecule has 118 valence electrons. The van der Waals surface area contributed by atoms with Crippen LogP contribution in [0.4, 0.5) is 9.18 Å². The zero-order chi connectivity index (χ0) is 15.9. The van der Waals surface area contributed by atoms with Crippen LogP contribution < -0.4 is 10.6 Å². The second kappa shape index (κ2) is 7.98. The van der Waals surface area contributed by atoms with Crippen LogP contribution in [0, 0.1) is 5.82 Å². The van der Waals surface area contributed by atoms with Gasteiger partial charge in [-0.1, -0.05) is 12.1 Å². The number of carbonyl (C=O) groups excluding carboxylic acids is 1. The van der Waals surface area contributed by atoms with Crippen LogP contribution in [0.2, 0.25) is 0 Å². The minimum Gasteiger partial charge on any atom is -0.444 e. The van der Waals surface area contributed by atoms with Crippen LogP contribution in [0.1, 0.15) is 45.7 Å². The van der Waals surface area contributed by atoms with Crippen LogP contribution in [0.3, 0.4) is 0 Å². The van der Waals surface area contributed by atoms with E-state index in [1.54, 1.807) is 12.1 Å². The molecule has 0 unspecified atom stereocenters. The maximum Gasteiger partial charge on any atom is 0.407 e. The first kappa shape index (κ1) is 17.4. The molecular weight excluding hydrogens is 271 g/mol. The van der Waals surface area contributed by atoms with Crippen LogP contribution in [0.25, 0.3) is 0 Å². The Bertz CT molecular complexity index is 441. The van der Waals surface area contributed by atoms with Gasteiger partial charge in [-0.3, -0.25) is 0 Å². The molecule has 21 heavy (non-hydrogen) atoms. The number of hydrogen-bond donors (Lipinski definition) is 2. The Morgan fingerprint density at radius 2 is 1.86 bits per heavy atom. The Morgan fingerprint density at radius 1 is 1.24 bits per heavy atom. The highest BCUT2D eigenvalue weighted by Crippen LogP contribution is 2.12. The highest BCUT2D eigenvalue weighted by Gasteiger charge is 2.15. The van der Waals surface area contributed by atoms with Crippen molar-refractivity contribution in [1.29, 1.82) is 0 Å². The molecule has 5 heteroatoms. The van der Waals surface area contributed by atoms with Gasteiger partial charge in [-0.2, -0.15) is 0 Å². The van der Waals surface area contributed by atoms with Crippen LogP contribution in [0.15, 0.2) is 24.3 Å². The van der Waals surface area contributed by atoms with Gasteiger partial charge in [0.05, 0.1) is 0 Å². The van der Waals surface area contributed by atoms with Crippen LogP contribution >= 0.6 is 0 Å². The molecule has 1 rings (SSSR count). The molecule has 1 aromatic rings. The molecular formula is C16H25FN2O2. The van der Waals surface area contributed by atoms with E-state index in [2.05, 4.69) is 10.6 Å². The van der Waals surface area contributed by atoms with Gasteiger partial charge in [-0.05, 0) is 58.4 Å². The third-order valence-corrected chi connectivity index (χ3v) is 2.84. The molecule has 0 aliphatic rings. The smallest absolute Gasteiger partial charge is 0.407 e. The number of benzene rings is 1. The molecule has 1 amide bonds. The molecule has 2 N–H and O–H groups in total. The van der Waals surface area contributed by atoms with Gasteiger partial charge >= 0.3 is 6.09 Å². The van der Waals surface area contributed by atoms with Crippen molar-refractivity contribution >= 4 is 6.09 Å². The number of alkyl carbamates (subject to hydrolysis) is 1. The van der Waals surface area contributed by atoms with E-state index in [-0.39, 0.29) is 11.9 Å². The minimum absolute atomic E-state index is 0.145. The first-order valence-electron chi connectivity index (χ1n) is 7.23. The molecule has 1 atom stereocenters.